The number of carbonyl (C=O) groups excluding carboxylic acids is 1. The molecular weight excluding hydrogens is 288 g/mol. The molecule has 4 nitrogen and oxygen atoms in total. The molecule has 0 heterocycles. The summed E-state index contributed by atoms with van der Waals surface area (Å²) in [6.45, 7) is 9.97. The van der Waals surface area contributed by atoms with Crippen LogP contribution in [-0.4, -0.2) is 17.7 Å². The third-order valence-electron chi connectivity index (χ3n) is 3.46. The Balaban J connectivity index is 2.58. The number of ether oxygens (including phenoxy) is 1. The number of benzene rings is 1. The smallest absolute Gasteiger partial charge is 0.412 e. The van der Waals surface area contributed by atoms with Gasteiger partial charge < -0.3 is 10.1 Å². The summed E-state index contributed by atoms with van der Waals surface area (Å²) in [6.07, 6.45) is 5.75. The van der Waals surface area contributed by atoms with E-state index >= 15 is 0 Å². The molecule has 23 heavy (non-hydrogen) atoms. The summed E-state index contributed by atoms with van der Waals surface area (Å²) in [5.41, 5.74) is 1.18. The Kier molecular flexibility index (Phi) is 7.93. The molecule has 0 aliphatic rings. The van der Waals surface area contributed by atoms with Crippen molar-refractivity contribution in [2.24, 2.45) is 0 Å². The van der Waals surface area contributed by atoms with Crippen molar-refractivity contribution >= 4 is 17.5 Å². The molecule has 130 valence electrons. The second kappa shape index (κ2) is 9.43. The van der Waals surface area contributed by atoms with Crippen LogP contribution in [0.15, 0.2) is 24.3 Å². The molecule has 0 fully saturated rings. The molecule has 1 atom stereocenters. The van der Waals surface area contributed by atoms with E-state index in [9.17, 15) is 4.79 Å². The van der Waals surface area contributed by atoms with Gasteiger partial charge in [-0.3, -0.25) is 5.32 Å². The van der Waals surface area contributed by atoms with Crippen LogP contribution < -0.4 is 10.6 Å². The van der Waals surface area contributed by atoms with E-state index in [2.05, 4.69) is 24.5 Å². The number of anilines is 2. The lowest BCUT2D eigenvalue weighted by Gasteiger charge is -2.22. The minimum Gasteiger partial charge on any atom is -0.444 e. The van der Waals surface area contributed by atoms with Crippen LogP contribution in [0.3, 0.4) is 0 Å². The molecule has 2 N–H and O–H groups in total. The summed E-state index contributed by atoms with van der Waals surface area (Å²) >= 11 is 0. The lowest BCUT2D eigenvalue weighted by atomic mass is 10.1. The summed E-state index contributed by atoms with van der Waals surface area (Å²) in [5, 5.41) is 6.31. The van der Waals surface area contributed by atoms with Crippen molar-refractivity contribution in [2.45, 2.75) is 78.4 Å². The Morgan fingerprint density at radius 1 is 1.13 bits per heavy atom. The van der Waals surface area contributed by atoms with E-state index in [1.54, 1.807) is 0 Å². The lowest BCUT2D eigenvalue weighted by Crippen LogP contribution is -2.27. The largest absolute Gasteiger partial charge is 0.444 e. The standard InChI is InChI=1S/C19H32N2O2/c1-6-7-8-9-12-15(2)20-16-13-10-11-14-17(16)21-18(22)23-19(3,4)5/h10-11,13-15,20H,6-9,12H2,1-5H3,(H,21,22). The minimum atomic E-state index is -0.501. The van der Waals surface area contributed by atoms with E-state index in [1.165, 1.54) is 25.7 Å². The van der Waals surface area contributed by atoms with Crippen molar-refractivity contribution < 1.29 is 9.53 Å². The van der Waals surface area contributed by atoms with Crippen molar-refractivity contribution in [3.8, 4) is 0 Å². The fourth-order valence-electron chi connectivity index (χ4n) is 2.35. The summed E-state index contributed by atoms with van der Waals surface area (Å²) in [5.74, 6) is 0. The maximum absolute atomic E-state index is 11.9. The second-order valence-electron chi connectivity index (χ2n) is 7.07. The number of hydrogen-bond acceptors (Lipinski definition) is 3. The lowest BCUT2D eigenvalue weighted by molar-refractivity contribution is 0.0636. The van der Waals surface area contributed by atoms with Crippen LogP contribution in [0.4, 0.5) is 16.2 Å². The number of carbonyl (C=O) groups is 1. The third kappa shape index (κ3) is 8.48. The van der Waals surface area contributed by atoms with Crippen LogP contribution in [0.1, 0.15) is 66.7 Å². The number of nitrogens with one attached hydrogen (secondary N) is 2. The molecule has 1 rings (SSSR count). The number of hydrogen-bond donors (Lipinski definition) is 2. The first-order valence-electron chi connectivity index (χ1n) is 8.67. The average Bonchev–Trinajstić information content (AvgIpc) is 2.44. The third-order valence-corrected chi connectivity index (χ3v) is 3.46. The molecule has 1 aromatic carbocycles. The van der Waals surface area contributed by atoms with Crippen molar-refractivity contribution in [3.63, 3.8) is 0 Å². The number of rotatable bonds is 8. The van der Waals surface area contributed by atoms with Crippen LogP contribution in [0.2, 0.25) is 0 Å². The van der Waals surface area contributed by atoms with Gasteiger partial charge in [0.15, 0.2) is 0 Å². The topological polar surface area (TPSA) is 50.4 Å². The van der Waals surface area contributed by atoms with Gasteiger partial charge in [0.05, 0.1) is 11.4 Å². The Labute approximate surface area is 141 Å². The van der Waals surface area contributed by atoms with Gasteiger partial charge in [-0.25, -0.2) is 4.79 Å². The molecule has 0 aromatic heterocycles. The highest BCUT2D eigenvalue weighted by Crippen LogP contribution is 2.23. The van der Waals surface area contributed by atoms with Crippen LogP contribution in [0.25, 0.3) is 0 Å². The molecular formula is C19H32N2O2. The van der Waals surface area contributed by atoms with Gasteiger partial charge in [-0.2, -0.15) is 0 Å². The molecule has 0 bridgehead atoms. The summed E-state index contributed by atoms with van der Waals surface area (Å²) < 4.78 is 5.32. The molecule has 1 unspecified atom stereocenters. The fraction of sp³-hybridized carbons (Fsp3) is 0.632. The van der Waals surface area contributed by atoms with Crippen LogP contribution in [-0.2, 0) is 4.74 Å². The van der Waals surface area contributed by atoms with Gasteiger partial charge in [0, 0.05) is 6.04 Å². The van der Waals surface area contributed by atoms with Crippen LogP contribution in [0.5, 0.6) is 0 Å². The van der Waals surface area contributed by atoms with Gasteiger partial charge in [0.2, 0.25) is 0 Å². The molecule has 0 aliphatic carbocycles. The number of para-hydroxylation sites is 2. The molecule has 0 radical (unpaired) electrons. The van der Waals surface area contributed by atoms with Crippen molar-refractivity contribution in [1.82, 2.24) is 0 Å². The monoisotopic (exact) mass is 320 g/mol. The molecule has 0 saturated carbocycles. The van der Waals surface area contributed by atoms with Gasteiger partial charge in [0.1, 0.15) is 5.60 Å². The van der Waals surface area contributed by atoms with E-state index in [0.717, 1.165) is 17.8 Å². The van der Waals surface area contributed by atoms with Crippen molar-refractivity contribution in [1.29, 1.82) is 0 Å². The van der Waals surface area contributed by atoms with Crippen molar-refractivity contribution in [3.05, 3.63) is 24.3 Å². The molecule has 1 aromatic rings. The maximum atomic E-state index is 11.9. The second-order valence-corrected chi connectivity index (χ2v) is 7.07. The normalized spacial score (nSPS) is 12.6. The van der Waals surface area contributed by atoms with Gasteiger partial charge in [-0.1, -0.05) is 44.7 Å². The number of amides is 1. The predicted molar refractivity (Wildman–Crippen MR) is 98.1 cm³/mol. The quantitative estimate of drug-likeness (QED) is 0.595. The first-order chi connectivity index (χ1) is 10.8. The predicted octanol–water partition coefficient (Wildman–Crippen LogP) is 5.80. The fourth-order valence-corrected chi connectivity index (χ4v) is 2.35. The Hall–Kier alpha value is -1.71. The van der Waals surface area contributed by atoms with Crippen LogP contribution >= 0.6 is 0 Å². The highest BCUT2D eigenvalue weighted by molar-refractivity contribution is 5.89. The SMILES string of the molecule is CCCCCCC(C)Nc1ccccc1NC(=O)OC(C)(C)C. The minimum absolute atomic E-state index is 0.369. The van der Waals surface area contributed by atoms with E-state index < -0.39 is 11.7 Å². The summed E-state index contributed by atoms with van der Waals surface area (Å²) in [6, 6.07) is 8.11. The van der Waals surface area contributed by atoms with Crippen molar-refractivity contribution in [2.75, 3.05) is 10.6 Å². The highest BCUT2D eigenvalue weighted by Gasteiger charge is 2.17. The van der Waals surface area contributed by atoms with E-state index in [-0.39, 0.29) is 0 Å². The highest BCUT2D eigenvalue weighted by atomic mass is 16.6. The Bertz CT molecular complexity index is 481. The molecule has 0 aliphatic heterocycles. The molecule has 1 amide bonds. The molecule has 0 spiro atoms. The van der Waals surface area contributed by atoms with Crippen LogP contribution in [0, 0.1) is 0 Å². The van der Waals surface area contributed by atoms with E-state index in [4.69, 9.17) is 4.74 Å². The van der Waals surface area contributed by atoms with Gasteiger partial charge >= 0.3 is 6.09 Å². The maximum Gasteiger partial charge on any atom is 0.412 e. The first-order valence-corrected chi connectivity index (χ1v) is 8.67. The summed E-state index contributed by atoms with van der Waals surface area (Å²) in [7, 11) is 0. The number of unbranched alkanes of at least 4 members (excludes halogenated alkanes) is 3. The zero-order valence-corrected chi connectivity index (χ0v) is 15.2. The molecule has 4 heteroatoms. The first kappa shape index (κ1) is 19.3. The van der Waals surface area contributed by atoms with E-state index in [1.807, 2.05) is 45.0 Å². The average molecular weight is 320 g/mol. The Morgan fingerprint density at radius 2 is 1.78 bits per heavy atom. The Morgan fingerprint density at radius 3 is 2.39 bits per heavy atom. The zero-order chi connectivity index (χ0) is 17.3. The van der Waals surface area contributed by atoms with Gasteiger partial charge in [-0.15, -0.1) is 0 Å². The summed E-state index contributed by atoms with van der Waals surface area (Å²) in [4.78, 5) is 11.9. The zero-order valence-electron chi connectivity index (χ0n) is 15.2. The molecule has 0 saturated heterocycles. The van der Waals surface area contributed by atoms with E-state index in [0.29, 0.717) is 6.04 Å². The van der Waals surface area contributed by atoms with Gasteiger partial charge in [-0.05, 0) is 46.2 Å². The van der Waals surface area contributed by atoms with Gasteiger partial charge in [0.25, 0.3) is 0 Å².